The molecule has 30 heavy (non-hydrogen) atoms. The molecular weight excluding hydrogens is 405 g/mol. The number of rotatable bonds is 5. The van der Waals surface area contributed by atoms with Crippen LogP contribution in [0.15, 0.2) is 47.4 Å². The van der Waals surface area contributed by atoms with Gasteiger partial charge in [-0.15, -0.1) is 0 Å². The summed E-state index contributed by atoms with van der Waals surface area (Å²) in [5.74, 6) is -1.84. The number of aromatic hydroxyl groups is 1. The Kier molecular flexibility index (Phi) is 5.68. The molecule has 0 unspecified atom stereocenters. The molecule has 2 aromatic heterocycles. The standard InChI is InChI=1S/C20H17F3N2O5/c1-29-13-6-3-11(4-7-13)14(9-16(26)30-2)17-18(27)24-15-8-5-12(20(21,22)23)10-25(15)19(17)28/h3-8,10,14,27H,9H2,1-2H3/t14-/m0/s1. The maximum Gasteiger partial charge on any atom is 0.417 e. The number of nitrogens with zero attached hydrogens (tertiary/aromatic N) is 2. The number of alkyl halides is 3. The Morgan fingerprint density at radius 2 is 1.83 bits per heavy atom. The second kappa shape index (κ2) is 8.05. The van der Waals surface area contributed by atoms with Crippen molar-refractivity contribution in [3.63, 3.8) is 0 Å². The Balaban J connectivity index is 2.23. The summed E-state index contributed by atoms with van der Waals surface area (Å²) in [6.45, 7) is 0. The topological polar surface area (TPSA) is 90.1 Å². The number of carbonyl (C=O) groups is 1. The molecule has 0 saturated heterocycles. The third kappa shape index (κ3) is 4.07. The number of benzene rings is 1. The second-order valence-corrected chi connectivity index (χ2v) is 6.40. The fourth-order valence-corrected chi connectivity index (χ4v) is 3.09. The summed E-state index contributed by atoms with van der Waals surface area (Å²) in [4.78, 5) is 28.9. The predicted molar refractivity (Wildman–Crippen MR) is 99.6 cm³/mol. The molecule has 0 spiro atoms. The SMILES string of the molecule is COC(=O)C[C@@H](c1ccc(OC)cc1)c1c(O)nc2ccc(C(F)(F)F)cn2c1=O. The van der Waals surface area contributed by atoms with E-state index >= 15 is 0 Å². The summed E-state index contributed by atoms with van der Waals surface area (Å²) >= 11 is 0. The van der Waals surface area contributed by atoms with Crippen molar-refractivity contribution in [2.45, 2.75) is 18.5 Å². The zero-order chi connectivity index (χ0) is 22.1. The summed E-state index contributed by atoms with van der Waals surface area (Å²) in [6, 6.07) is 8.07. The summed E-state index contributed by atoms with van der Waals surface area (Å²) in [5, 5.41) is 10.4. The summed E-state index contributed by atoms with van der Waals surface area (Å²) in [5.41, 5.74) is -2.01. The molecule has 1 aromatic carbocycles. The minimum Gasteiger partial charge on any atom is -0.497 e. The van der Waals surface area contributed by atoms with Gasteiger partial charge in [-0.05, 0) is 29.8 Å². The van der Waals surface area contributed by atoms with Crippen LogP contribution in [-0.4, -0.2) is 34.7 Å². The Morgan fingerprint density at radius 3 is 2.40 bits per heavy atom. The van der Waals surface area contributed by atoms with E-state index in [9.17, 15) is 27.9 Å². The number of ether oxygens (including phenoxy) is 2. The van der Waals surface area contributed by atoms with Crippen LogP contribution in [0.3, 0.4) is 0 Å². The molecule has 1 N–H and O–H groups in total. The van der Waals surface area contributed by atoms with Gasteiger partial charge in [0.2, 0.25) is 5.88 Å². The van der Waals surface area contributed by atoms with Gasteiger partial charge in [0, 0.05) is 12.1 Å². The number of fused-ring (bicyclic) bond motifs is 1. The number of carbonyl (C=O) groups excluding carboxylic acids is 1. The third-order valence-corrected chi connectivity index (χ3v) is 4.63. The highest BCUT2D eigenvalue weighted by atomic mass is 19.4. The van der Waals surface area contributed by atoms with Crippen molar-refractivity contribution in [2.24, 2.45) is 0 Å². The highest BCUT2D eigenvalue weighted by Gasteiger charge is 2.32. The molecule has 2 heterocycles. The van der Waals surface area contributed by atoms with E-state index in [0.29, 0.717) is 21.9 Å². The molecule has 0 bridgehead atoms. The lowest BCUT2D eigenvalue weighted by atomic mass is 9.89. The van der Waals surface area contributed by atoms with Crippen molar-refractivity contribution < 1.29 is 32.5 Å². The Morgan fingerprint density at radius 1 is 1.17 bits per heavy atom. The average molecular weight is 422 g/mol. The first kappa shape index (κ1) is 21.2. The van der Waals surface area contributed by atoms with Crippen molar-refractivity contribution in [3.05, 3.63) is 69.6 Å². The largest absolute Gasteiger partial charge is 0.497 e. The van der Waals surface area contributed by atoms with Gasteiger partial charge in [0.05, 0.1) is 31.8 Å². The van der Waals surface area contributed by atoms with Gasteiger partial charge in [-0.2, -0.15) is 18.2 Å². The van der Waals surface area contributed by atoms with Crippen molar-refractivity contribution >= 4 is 11.6 Å². The zero-order valence-corrected chi connectivity index (χ0v) is 15.9. The van der Waals surface area contributed by atoms with E-state index in [1.807, 2.05) is 0 Å². The van der Waals surface area contributed by atoms with Crippen molar-refractivity contribution in [1.82, 2.24) is 9.38 Å². The Labute approximate surface area is 168 Å². The van der Waals surface area contributed by atoms with Gasteiger partial charge < -0.3 is 14.6 Å². The smallest absolute Gasteiger partial charge is 0.417 e. The first-order valence-electron chi connectivity index (χ1n) is 8.69. The van der Waals surface area contributed by atoms with Gasteiger partial charge in [0.25, 0.3) is 5.56 Å². The van der Waals surface area contributed by atoms with E-state index in [2.05, 4.69) is 9.72 Å². The van der Waals surface area contributed by atoms with Crippen LogP contribution >= 0.6 is 0 Å². The lowest BCUT2D eigenvalue weighted by molar-refractivity contribution is -0.141. The monoisotopic (exact) mass is 422 g/mol. The molecular formula is C20H17F3N2O5. The van der Waals surface area contributed by atoms with Crippen LogP contribution < -0.4 is 10.3 Å². The minimum atomic E-state index is -4.67. The van der Waals surface area contributed by atoms with Gasteiger partial charge in [0.15, 0.2) is 0 Å². The fraction of sp³-hybridized carbons (Fsp3) is 0.250. The molecule has 0 aliphatic heterocycles. The molecule has 7 nitrogen and oxygen atoms in total. The number of esters is 1. The zero-order valence-electron chi connectivity index (χ0n) is 15.9. The maximum atomic E-state index is 13.1. The molecule has 0 aliphatic carbocycles. The summed E-state index contributed by atoms with van der Waals surface area (Å²) in [6.07, 6.45) is -4.40. The number of methoxy groups -OCH3 is 2. The first-order chi connectivity index (χ1) is 14.2. The van der Waals surface area contributed by atoms with Crippen LogP contribution in [0.4, 0.5) is 13.2 Å². The van der Waals surface area contributed by atoms with Crippen molar-refractivity contribution in [1.29, 1.82) is 0 Å². The van der Waals surface area contributed by atoms with Gasteiger partial charge >= 0.3 is 12.1 Å². The van der Waals surface area contributed by atoms with E-state index in [0.717, 1.165) is 19.2 Å². The summed E-state index contributed by atoms with van der Waals surface area (Å²) in [7, 11) is 2.62. The molecule has 3 aromatic rings. The number of pyridine rings is 1. The number of aromatic nitrogens is 2. The van der Waals surface area contributed by atoms with E-state index in [4.69, 9.17) is 4.74 Å². The lowest BCUT2D eigenvalue weighted by Gasteiger charge is -2.18. The van der Waals surface area contributed by atoms with Gasteiger partial charge in [0.1, 0.15) is 11.4 Å². The number of halogens is 3. The van der Waals surface area contributed by atoms with Crippen LogP contribution in [0.5, 0.6) is 11.6 Å². The quantitative estimate of drug-likeness (QED) is 0.636. The maximum absolute atomic E-state index is 13.1. The molecule has 10 heteroatoms. The molecule has 0 aliphatic rings. The number of hydrogen-bond donors (Lipinski definition) is 1. The molecule has 0 amide bonds. The molecule has 158 valence electrons. The normalized spacial score (nSPS) is 12.6. The van der Waals surface area contributed by atoms with Crippen molar-refractivity contribution in [3.8, 4) is 11.6 Å². The lowest BCUT2D eigenvalue weighted by Crippen LogP contribution is -2.25. The van der Waals surface area contributed by atoms with Crippen LogP contribution in [0.2, 0.25) is 0 Å². The van der Waals surface area contributed by atoms with E-state index < -0.39 is 35.1 Å². The Bertz CT molecular complexity index is 1140. The van der Waals surface area contributed by atoms with Crippen LogP contribution in [0.25, 0.3) is 5.65 Å². The van der Waals surface area contributed by atoms with E-state index in [1.54, 1.807) is 24.3 Å². The Hall–Kier alpha value is -3.56. The predicted octanol–water partition coefficient (Wildman–Crippen LogP) is 3.12. The minimum absolute atomic E-state index is 0.166. The van der Waals surface area contributed by atoms with Gasteiger partial charge in [-0.3, -0.25) is 14.0 Å². The van der Waals surface area contributed by atoms with Crippen molar-refractivity contribution in [2.75, 3.05) is 14.2 Å². The van der Waals surface area contributed by atoms with Gasteiger partial charge in [-0.25, -0.2) is 0 Å². The average Bonchev–Trinajstić information content (AvgIpc) is 2.72. The molecule has 1 atom stereocenters. The molecule has 0 radical (unpaired) electrons. The molecule has 0 saturated carbocycles. The highest BCUT2D eigenvalue weighted by molar-refractivity contribution is 5.71. The van der Waals surface area contributed by atoms with Crippen LogP contribution in [0, 0.1) is 0 Å². The van der Waals surface area contributed by atoms with E-state index in [-0.39, 0.29) is 17.6 Å². The summed E-state index contributed by atoms with van der Waals surface area (Å²) < 4.78 is 49.7. The van der Waals surface area contributed by atoms with Crippen LogP contribution in [-0.2, 0) is 15.7 Å². The van der Waals surface area contributed by atoms with E-state index in [1.165, 1.54) is 7.11 Å². The second-order valence-electron chi connectivity index (χ2n) is 6.40. The molecule has 3 rings (SSSR count). The highest BCUT2D eigenvalue weighted by Crippen LogP contribution is 2.33. The first-order valence-corrected chi connectivity index (χ1v) is 8.69. The van der Waals surface area contributed by atoms with Gasteiger partial charge in [-0.1, -0.05) is 12.1 Å². The molecule has 0 fully saturated rings. The number of hydrogen-bond acceptors (Lipinski definition) is 6. The fourth-order valence-electron chi connectivity index (χ4n) is 3.09. The van der Waals surface area contributed by atoms with Crippen LogP contribution in [0.1, 0.15) is 29.0 Å². The third-order valence-electron chi connectivity index (χ3n) is 4.63.